The summed E-state index contributed by atoms with van der Waals surface area (Å²) in [6, 6.07) is 1.82. The van der Waals surface area contributed by atoms with Crippen LogP contribution in [-0.2, 0) is 16.0 Å². The lowest BCUT2D eigenvalue weighted by atomic mass is 10.2. The molecule has 0 unspecified atom stereocenters. The molecule has 7 nitrogen and oxygen atoms in total. The molecule has 4 heterocycles. The molecule has 7 heteroatoms. The molecule has 0 bridgehead atoms. The summed E-state index contributed by atoms with van der Waals surface area (Å²) in [5.41, 5.74) is 2.99. The first-order chi connectivity index (χ1) is 10.3. The molecule has 1 fully saturated rings. The normalized spacial score (nSPS) is 18.5. The quantitative estimate of drug-likeness (QED) is 0.779. The number of amides is 1. The first-order valence-electron chi connectivity index (χ1n) is 6.75. The number of hydrogen-bond acceptors (Lipinski definition) is 5. The third-order valence-corrected chi connectivity index (χ3v) is 3.77. The molecule has 2 aromatic heterocycles. The van der Waals surface area contributed by atoms with Crippen LogP contribution in [0.4, 0.5) is 0 Å². The van der Waals surface area contributed by atoms with Crippen molar-refractivity contribution < 1.29 is 14.3 Å². The molecule has 1 saturated heterocycles. The highest BCUT2D eigenvalue weighted by molar-refractivity contribution is 5.97. The molecule has 0 atom stereocenters. The van der Waals surface area contributed by atoms with Gasteiger partial charge in [0.25, 0.3) is 5.91 Å². The maximum atomic E-state index is 12.4. The highest BCUT2D eigenvalue weighted by Crippen LogP contribution is 2.30. The Morgan fingerprint density at radius 3 is 2.95 bits per heavy atom. The van der Waals surface area contributed by atoms with Gasteiger partial charge in [-0.2, -0.15) is 0 Å². The summed E-state index contributed by atoms with van der Waals surface area (Å²) in [7, 11) is 1.77. The van der Waals surface area contributed by atoms with Crippen molar-refractivity contribution in [3.05, 3.63) is 41.7 Å². The molecule has 1 amide bonds. The van der Waals surface area contributed by atoms with Crippen LogP contribution in [0.2, 0.25) is 0 Å². The Balaban J connectivity index is 1.89. The van der Waals surface area contributed by atoms with Gasteiger partial charge in [0.1, 0.15) is 12.0 Å². The second kappa shape index (κ2) is 4.64. The molecule has 0 saturated carbocycles. The Hall–Kier alpha value is -2.25. The summed E-state index contributed by atoms with van der Waals surface area (Å²) >= 11 is 0. The minimum absolute atomic E-state index is 0.0546. The molecule has 0 aliphatic carbocycles. The van der Waals surface area contributed by atoms with Gasteiger partial charge in [0.15, 0.2) is 0 Å². The van der Waals surface area contributed by atoms with E-state index in [-0.39, 0.29) is 5.91 Å². The van der Waals surface area contributed by atoms with E-state index < -0.39 is 6.29 Å². The second-order valence-electron chi connectivity index (χ2n) is 5.07. The number of aromatic nitrogens is 3. The Bertz CT molecular complexity index is 706. The molecule has 21 heavy (non-hydrogen) atoms. The SMILES string of the molecule is CN1Cc2c(C3OCCO3)ncn2-c2ccncc2C1=O. The van der Waals surface area contributed by atoms with E-state index in [4.69, 9.17) is 9.47 Å². The van der Waals surface area contributed by atoms with Crippen LogP contribution < -0.4 is 0 Å². The van der Waals surface area contributed by atoms with Crippen molar-refractivity contribution >= 4 is 5.91 Å². The van der Waals surface area contributed by atoms with Gasteiger partial charge in [-0.05, 0) is 6.07 Å². The molecule has 0 N–H and O–H groups in total. The molecule has 2 aliphatic heterocycles. The number of carbonyl (C=O) groups is 1. The van der Waals surface area contributed by atoms with Crippen LogP contribution in [0.5, 0.6) is 0 Å². The lowest BCUT2D eigenvalue weighted by Gasteiger charge is -2.15. The molecule has 0 radical (unpaired) electrons. The van der Waals surface area contributed by atoms with Crippen molar-refractivity contribution in [1.29, 1.82) is 0 Å². The van der Waals surface area contributed by atoms with Crippen molar-refractivity contribution in [3.63, 3.8) is 0 Å². The fourth-order valence-electron chi connectivity index (χ4n) is 2.73. The van der Waals surface area contributed by atoms with Crippen LogP contribution in [0.1, 0.15) is 28.0 Å². The van der Waals surface area contributed by atoms with Gasteiger partial charge in [-0.1, -0.05) is 0 Å². The van der Waals surface area contributed by atoms with Gasteiger partial charge < -0.3 is 18.9 Å². The number of fused-ring (bicyclic) bond motifs is 3. The molecular weight excluding hydrogens is 272 g/mol. The van der Waals surface area contributed by atoms with Gasteiger partial charge in [-0.3, -0.25) is 9.78 Å². The van der Waals surface area contributed by atoms with Crippen LogP contribution in [0.25, 0.3) is 5.69 Å². The van der Waals surface area contributed by atoms with E-state index in [1.165, 1.54) is 0 Å². The number of imidazole rings is 1. The van der Waals surface area contributed by atoms with E-state index in [0.717, 1.165) is 17.1 Å². The Morgan fingerprint density at radius 2 is 2.14 bits per heavy atom. The average molecular weight is 286 g/mol. The standard InChI is InChI=1S/C14H14N4O3/c1-17-7-11-12(14-20-4-5-21-14)16-8-18(11)10-2-3-15-6-9(10)13(17)19/h2-3,6,8,14H,4-5,7H2,1H3. The Kier molecular flexibility index (Phi) is 2.76. The van der Waals surface area contributed by atoms with Crippen LogP contribution in [0.3, 0.4) is 0 Å². The number of ether oxygens (including phenoxy) is 2. The lowest BCUT2D eigenvalue weighted by molar-refractivity contribution is -0.0479. The van der Waals surface area contributed by atoms with Crippen molar-refractivity contribution in [2.45, 2.75) is 12.8 Å². The summed E-state index contributed by atoms with van der Waals surface area (Å²) in [6.07, 6.45) is 4.52. The van der Waals surface area contributed by atoms with E-state index in [0.29, 0.717) is 25.3 Å². The van der Waals surface area contributed by atoms with Gasteiger partial charge in [-0.15, -0.1) is 0 Å². The minimum atomic E-state index is -0.451. The maximum absolute atomic E-state index is 12.4. The number of nitrogens with zero attached hydrogens (tertiary/aromatic N) is 4. The zero-order valence-electron chi connectivity index (χ0n) is 11.5. The largest absolute Gasteiger partial charge is 0.345 e. The van der Waals surface area contributed by atoms with Gasteiger partial charge >= 0.3 is 0 Å². The van der Waals surface area contributed by atoms with Crippen LogP contribution >= 0.6 is 0 Å². The minimum Gasteiger partial charge on any atom is -0.345 e. The van der Waals surface area contributed by atoms with Crippen LogP contribution in [-0.4, -0.2) is 45.6 Å². The summed E-state index contributed by atoms with van der Waals surface area (Å²) in [5.74, 6) is -0.0546. The zero-order valence-corrected chi connectivity index (χ0v) is 11.5. The predicted octanol–water partition coefficient (Wildman–Crippen LogP) is 0.898. The molecule has 0 aromatic carbocycles. The molecule has 108 valence electrons. The first-order valence-corrected chi connectivity index (χ1v) is 6.75. The third-order valence-electron chi connectivity index (χ3n) is 3.77. The molecule has 4 rings (SSSR count). The van der Waals surface area contributed by atoms with Crippen LogP contribution in [0.15, 0.2) is 24.8 Å². The maximum Gasteiger partial charge on any atom is 0.257 e. The van der Waals surface area contributed by atoms with Crippen molar-refractivity contribution in [3.8, 4) is 5.69 Å². The first kappa shape index (κ1) is 12.5. The number of pyridine rings is 1. The van der Waals surface area contributed by atoms with E-state index >= 15 is 0 Å². The Morgan fingerprint density at radius 1 is 1.33 bits per heavy atom. The van der Waals surface area contributed by atoms with Gasteiger partial charge in [-0.25, -0.2) is 4.98 Å². The van der Waals surface area contributed by atoms with Gasteiger partial charge in [0.2, 0.25) is 6.29 Å². The monoisotopic (exact) mass is 286 g/mol. The molecule has 0 spiro atoms. The lowest BCUT2D eigenvalue weighted by Crippen LogP contribution is -2.25. The van der Waals surface area contributed by atoms with Crippen molar-refractivity contribution in [2.24, 2.45) is 0 Å². The second-order valence-corrected chi connectivity index (χ2v) is 5.07. The molecule has 2 aromatic rings. The summed E-state index contributed by atoms with van der Waals surface area (Å²) < 4.78 is 13.0. The summed E-state index contributed by atoms with van der Waals surface area (Å²) in [5, 5.41) is 0. The third kappa shape index (κ3) is 1.85. The van der Waals surface area contributed by atoms with E-state index in [2.05, 4.69) is 9.97 Å². The number of hydrogen-bond donors (Lipinski definition) is 0. The fourth-order valence-corrected chi connectivity index (χ4v) is 2.73. The predicted molar refractivity (Wildman–Crippen MR) is 71.8 cm³/mol. The van der Waals surface area contributed by atoms with Crippen molar-refractivity contribution in [2.75, 3.05) is 20.3 Å². The highest BCUT2D eigenvalue weighted by atomic mass is 16.7. The zero-order chi connectivity index (χ0) is 14.4. The fraction of sp³-hybridized carbons (Fsp3) is 0.357. The van der Waals surface area contributed by atoms with Crippen LogP contribution in [0, 0.1) is 0 Å². The Labute approximate surface area is 121 Å². The smallest absolute Gasteiger partial charge is 0.257 e. The van der Waals surface area contributed by atoms with E-state index in [1.54, 1.807) is 30.7 Å². The van der Waals surface area contributed by atoms with Gasteiger partial charge in [0.05, 0.1) is 36.7 Å². The number of rotatable bonds is 1. The van der Waals surface area contributed by atoms with Crippen molar-refractivity contribution in [1.82, 2.24) is 19.4 Å². The van der Waals surface area contributed by atoms with E-state index in [9.17, 15) is 4.79 Å². The summed E-state index contributed by atoms with van der Waals surface area (Å²) in [4.78, 5) is 22.6. The average Bonchev–Trinajstić information content (AvgIpc) is 3.13. The molecule has 2 aliphatic rings. The number of carbonyl (C=O) groups excluding carboxylic acids is 1. The summed E-state index contributed by atoms with van der Waals surface area (Å²) in [6.45, 7) is 1.57. The van der Waals surface area contributed by atoms with Gasteiger partial charge in [0, 0.05) is 19.4 Å². The molecular formula is C14H14N4O3. The highest BCUT2D eigenvalue weighted by Gasteiger charge is 2.31. The van der Waals surface area contributed by atoms with E-state index in [1.807, 2.05) is 10.6 Å². The topological polar surface area (TPSA) is 69.5 Å².